The molecule has 3 aromatic rings. The Morgan fingerprint density at radius 1 is 1.16 bits per heavy atom. The summed E-state index contributed by atoms with van der Waals surface area (Å²) in [5.74, 6) is -0.217. The van der Waals surface area contributed by atoms with E-state index in [1.54, 1.807) is 11.6 Å². The average Bonchev–Trinajstić information content (AvgIpc) is 3.47. The van der Waals surface area contributed by atoms with Gasteiger partial charge in [0.1, 0.15) is 5.01 Å². The lowest BCUT2D eigenvalue weighted by Crippen LogP contribution is -2.45. The number of carbonyl (C=O) groups is 1. The van der Waals surface area contributed by atoms with E-state index < -0.39 is 22.1 Å². The highest BCUT2D eigenvalue weighted by molar-refractivity contribution is 7.93. The number of thiazole rings is 1. The van der Waals surface area contributed by atoms with Crippen LogP contribution in [-0.2, 0) is 20.2 Å². The summed E-state index contributed by atoms with van der Waals surface area (Å²) in [7, 11) is -5.73. The lowest BCUT2D eigenvalue weighted by Gasteiger charge is -2.28. The molecule has 1 aliphatic heterocycles. The molecule has 3 heterocycles. The summed E-state index contributed by atoms with van der Waals surface area (Å²) in [4.78, 5) is 22.3. The molecule has 38 heavy (non-hydrogen) atoms. The summed E-state index contributed by atoms with van der Waals surface area (Å²) < 4.78 is 65.6. The molecule has 1 fully saturated rings. The Morgan fingerprint density at radius 2 is 1.89 bits per heavy atom. The van der Waals surface area contributed by atoms with Gasteiger partial charge >= 0.3 is 15.5 Å². The summed E-state index contributed by atoms with van der Waals surface area (Å²) in [6.45, 7) is 5.82. The second-order valence-corrected chi connectivity index (χ2v) is 13.0. The van der Waals surface area contributed by atoms with Crippen molar-refractivity contribution >= 4 is 44.6 Å². The number of halogens is 4. The summed E-state index contributed by atoms with van der Waals surface area (Å²) in [6.07, 6.45) is 2.58. The number of sulfonamides is 1. The normalized spacial score (nSPS) is 14.8. The maximum absolute atomic E-state index is 13.5. The number of carbonyl (C=O) groups excluding carboxylic acids is 1. The van der Waals surface area contributed by atoms with E-state index in [0.29, 0.717) is 35.7 Å². The van der Waals surface area contributed by atoms with Crippen LogP contribution in [0.3, 0.4) is 0 Å². The Balaban J connectivity index is 1.64. The molecule has 1 saturated heterocycles. The summed E-state index contributed by atoms with van der Waals surface area (Å²) in [6, 6.07) is 7.68. The highest BCUT2D eigenvalue weighted by Gasteiger charge is 2.50. The number of alkyl halides is 3. The Kier molecular flexibility index (Phi) is 7.79. The van der Waals surface area contributed by atoms with Gasteiger partial charge in [0.15, 0.2) is 0 Å². The van der Waals surface area contributed by atoms with Crippen LogP contribution in [0.1, 0.15) is 39.3 Å². The van der Waals surface area contributed by atoms with Gasteiger partial charge in [-0.05, 0) is 36.8 Å². The first-order valence-electron chi connectivity index (χ1n) is 11.8. The van der Waals surface area contributed by atoms with Gasteiger partial charge < -0.3 is 4.90 Å². The minimum atomic E-state index is -5.73. The molecule has 0 aliphatic carbocycles. The third kappa shape index (κ3) is 5.81. The molecule has 0 spiro atoms. The van der Waals surface area contributed by atoms with Crippen molar-refractivity contribution in [3.63, 3.8) is 0 Å². The molecule has 0 unspecified atom stereocenters. The molecule has 204 valence electrons. The minimum absolute atomic E-state index is 0.0454. The van der Waals surface area contributed by atoms with Crippen molar-refractivity contribution < 1.29 is 26.4 Å². The van der Waals surface area contributed by atoms with Gasteiger partial charge in [0.2, 0.25) is 5.91 Å². The fraction of sp³-hybridized carbons (Fsp3) is 0.400. The van der Waals surface area contributed by atoms with E-state index in [0.717, 1.165) is 11.3 Å². The lowest BCUT2D eigenvalue weighted by atomic mass is 9.91. The van der Waals surface area contributed by atoms with Gasteiger partial charge in [-0.2, -0.15) is 21.6 Å². The van der Waals surface area contributed by atoms with Crippen molar-refractivity contribution in [1.29, 1.82) is 0 Å². The number of hydrogen-bond donors (Lipinski definition) is 0. The van der Waals surface area contributed by atoms with Crippen molar-refractivity contribution in [3.8, 4) is 21.8 Å². The average molecular weight is 587 g/mol. The second kappa shape index (κ2) is 10.5. The predicted molar refractivity (Wildman–Crippen MR) is 143 cm³/mol. The molecule has 0 saturated carbocycles. The molecule has 7 nitrogen and oxygen atoms in total. The zero-order chi connectivity index (χ0) is 27.9. The number of amides is 1. The number of benzene rings is 1. The Bertz CT molecular complexity index is 1450. The predicted octanol–water partition coefficient (Wildman–Crippen LogP) is 6.10. The molecule has 1 aliphatic rings. The van der Waals surface area contributed by atoms with E-state index in [-0.39, 0.29) is 32.9 Å². The molecule has 1 aromatic carbocycles. The molecule has 0 bridgehead atoms. The molecule has 0 N–H and O–H groups in total. The van der Waals surface area contributed by atoms with Crippen LogP contribution in [-0.4, -0.2) is 54.3 Å². The Hall–Kier alpha value is -2.70. The number of hydrogen-bond acceptors (Lipinski definition) is 6. The SMILES string of the molecule is CC(C)(C)c1cc(-c2nc(-c3ccc(N(CCN4CCCC4=O)S(=O)(=O)C(F)(F)F)cc3Cl)cs2)ccn1. The first-order chi connectivity index (χ1) is 17.7. The van der Waals surface area contributed by atoms with Crippen LogP contribution >= 0.6 is 22.9 Å². The molecule has 0 radical (unpaired) electrons. The van der Waals surface area contributed by atoms with E-state index in [9.17, 15) is 26.4 Å². The van der Waals surface area contributed by atoms with Crippen molar-refractivity contribution in [1.82, 2.24) is 14.9 Å². The molecule has 2 aromatic heterocycles. The molecular weight excluding hydrogens is 561 g/mol. The van der Waals surface area contributed by atoms with E-state index in [4.69, 9.17) is 11.6 Å². The van der Waals surface area contributed by atoms with Crippen LogP contribution in [0.5, 0.6) is 0 Å². The largest absolute Gasteiger partial charge is 0.516 e. The molecule has 13 heteroatoms. The summed E-state index contributed by atoms with van der Waals surface area (Å²) >= 11 is 7.83. The number of aromatic nitrogens is 2. The zero-order valence-electron chi connectivity index (χ0n) is 20.9. The van der Waals surface area contributed by atoms with Gasteiger partial charge in [0, 0.05) is 53.3 Å². The molecule has 0 atom stereocenters. The number of anilines is 1. The maximum atomic E-state index is 13.5. The molecule has 4 rings (SSSR count). The smallest absolute Gasteiger partial charge is 0.341 e. The van der Waals surface area contributed by atoms with Gasteiger partial charge in [-0.1, -0.05) is 32.4 Å². The third-order valence-corrected chi connectivity index (χ3v) is 8.89. The summed E-state index contributed by atoms with van der Waals surface area (Å²) in [5.41, 5.74) is -3.20. The summed E-state index contributed by atoms with van der Waals surface area (Å²) in [5, 5.41) is 2.53. The highest BCUT2D eigenvalue weighted by Crippen LogP contribution is 2.38. The first-order valence-corrected chi connectivity index (χ1v) is 14.5. The number of nitrogens with zero attached hydrogens (tertiary/aromatic N) is 4. The van der Waals surface area contributed by atoms with Gasteiger partial charge in [-0.15, -0.1) is 11.3 Å². The van der Waals surface area contributed by atoms with Crippen molar-refractivity contribution in [2.24, 2.45) is 0 Å². The number of rotatable bonds is 7. The molecule has 1 amide bonds. The van der Waals surface area contributed by atoms with Crippen LogP contribution in [0.2, 0.25) is 5.02 Å². The lowest BCUT2D eigenvalue weighted by molar-refractivity contribution is -0.127. The van der Waals surface area contributed by atoms with Gasteiger partial charge in [0.25, 0.3) is 0 Å². The fourth-order valence-corrected chi connectivity index (χ4v) is 6.09. The van der Waals surface area contributed by atoms with Crippen LogP contribution < -0.4 is 4.31 Å². The zero-order valence-corrected chi connectivity index (χ0v) is 23.3. The standard InChI is InChI=1S/C25H26ClF3N4O3S2/c1-24(2,3)21-13-16(8-9-30-21)23-31-20(15-37-23)18-7-6-17(14-19(18)26)33(38(35,36)25(27,28)29)12-11-32-10-4-5-22(32)34/h6-9,13-15H,4-5,10-12H2,1-3H3. The van der Waals surface area contributed by atoms with Crippen molar-refractivity contribution in [3.05, 3.63) is 52.6 Å². The Labute approximate surface area is 228 Å². The van der Waals surface area contributed by atoms with Gasteiger partial charge in [-0.3, -0.25) is 14.1 Å². The maximum Gasteiger partial charge on any atom is 0.516 e. The van der Waals surface area contributed by atoms with Crippen LogP contribution in [0.4, 0.5) is 18.9 Å². The quantitative estimate of drug-likeness (QED) is 0.334. The van der Waals surface area contributed by atoms with Crippen molar-refractivity contribution in [2.75, 3.05) is 23.9 Å². The van der Waals surface area contributed by atoms with Crippen molar-refractivity contribution in [2.45, 2.75) is 44.5 Å². The Morgan fingerprint density at radius 3 is 2.50 bits per heavy atom. The minimum Gasteiger partial charge on any atom is -0.341 e. The van der Waals surface area contributed by atoms with Crippen LogP contribution in [0.15, 0.2) is 41.9 Å². The van der Waals surface area contributed by atoms with Crippen LogP contribution in [0.25, 0.3) is 21.8 Å². The van der Waals surface area contributed by atoms with E-state index in [1.165, 1.54) is 34.4 Å². The topological polar surface area (TPSA) is 83.5 Å². The van der Waals surface area contributed by atoms with E-state index >= 15 is 0 Å². The molecular formula is C25H26ClF3N4O3S2. The van der Waals surface area contributed by atoms with E-state index in [1.807, 2.05) is 12.1 Å². The monoisotopic (exact) mass is 586 g/mol. The highest BCUT2D eigenvalue weighted by atomic mass is 35.5. The third-order valence-electron chi connectivity index (χ3n) is 6.12. The number of pyridine rings is 1. The van der Waals surface area contributed by atoms with Gasteiger partial charge in [-0.25, -0.2) is 4.98 Å². The first kappa shape index (κ1) is 28.3. The second-order valence-electron chi connectivity index (χ2n) is 9.89. The van der Waals surface area contributed by atoms with Gasteiger partial charge in [0.05, 0.1) is 22.9 Å². The van der Waals surface area contributed by atoms with E-state index in [2.05, 4.69) is 30.7 Å². The van der Waals surface area contributed by atoms with Crippen LogP contribution in [0, 0.1) is 0 Å². The fourth-order valence-electron chi connectivity index (χ4n) is 4.04. The number of likely N-dealkylation sites (tertiary alicyclic amines) is 1.